The minimum Gasteiger partial charge on any atom is -0.465 e. The molecule has 21 heavy (non-hydrogen) atoms. The standard InChI is InChI=1S/C16H23BrN2O2/c1-3-19(14-6-8-18-9-7-14)11-13-5-4-12(10-15(13)17)16(20)21-2/h4-5,10,14,18H,3,6-9,11H2,1-2H3. The van der Waals surface area contributed by atoms with Gasteiger partial charge in [-0.2, -0.15) is 0 Å². The first-order chi connectivity index (χ1) is 10.2. The Hall–Kier alpha value is -0.910. The van der Waals surface area contributed by atoms with Crippen LogP contribution in [0.1, 0.15) is 35.7 Å². The number of methoxy groups -OCH3 is 1. The third kappa shape index (κ3) is 4.28. The summed E-state index contributed by atoms with van der Waals surface area (Å²) in [5.41, 5.74) is 1.79. The van der Waals surface area contributed by atoms with E-state index in [2.05, 4.69) is 33.1 Å². The summed E-state index contributed by atoms with van der Waals surface area (Å²) >= 11 is 3.58. The first-order valence-electron chi connectivity index (χ1n) is 7.47. The van der Waals surface area contributed by atoms with Gasteiger partial charge in [0.15, 0.2) is 0 Å². The monoisotopic (exact) mass is 354 g/mol. The molecule has 0 bridgehead atoms. The van der Waals surface area contributed by atoms with Gasteiger partial charge in [0.05, 0.1) is 12.7 Å². The number of hydrogen-bond donors (Lipinski definition) is 1. The fraction of sp³-hybridized carbons (Fsp3) is 0.562. The molecule has 5 heteroatoms. The fourth-order valence-electron chi connectivity index (χ4n) is 2.81. The molecule has 1 aromatic rings. The molecule has 0 saturated carbocycles. The second-order valence-corrected chi connectivity index (χ2v) is 6.20. The van der Waals surface area contributed by atoms with E-state index in [0.29, 0.717) is 11.6 Å². The van der Waals surface area contributed by atoms with Gasteiger partial charge in [-0.15, -0.1) is 0 Å². The molecule has 0 spiro atoms. The van der Waals surface area contributed by atoms with Crippen molar-refractivity contribution in [3.63, 3.8) is 0 Å². The molecule has 2 rings (SSSR count). The van der Waals surface area contributed by atoms with Gasteiger partial charge >= 0.3 is 5.97 Å². The average Bonchev–Trinajstić information content (AvgIpc) is 2.53. The number of carbonyl (C=O) groups is 1. The van der Waals surface area contributed by atoms with Crippen LogP contribution >= 0.6 is 15.9 Å². The van der Waals surface area contributed by atoms with Crippen molar-refractivity contribution in [1.29, 1.82) is 0 Å². The molecule has 0 amide bonds. The molecule has 1 heterocycles. The maximum Gasteiger partial charge on any atom is 0.337 e. The van der Waals surface area contributed by atoms with Crippen LogP contribution in [0.2, 0.25) is 0 Å². The lowest BCUT2D eigenvalue weighted by atomic mass is 10.0. The zero-order valence-electron chi connectivity index (χ0n) is 12.7. The van der Waals surface area contributed by atoms with Crippen molar-refractivity contribution in [2.45, 2.75) is 32.4 Å². The third-order valence-corrected chi connectivity index (χ3v) is 4.82. The Kier molecular flexibility index (Phi) is 6.21. The number of halogens is 1. The lowest BCUT2D eigenvalue weighted by Crippen LogP contribution is -2.42. The van der Waals surface area contributed by atoms with Crippen molar-refractivity contribution in [1.82, 2.24) is 10.2 Å². The second-order valence-electron chi connectivity index (χ2n) is 5.34. The van der Waals surface area contributed by atoms with Gasteiger partial charge in [-0.1, -0.05) is 28.9 Å². The molecule has 0 unspecified atom stereocenters. The molecule has 1 aliphatic rings. The van der Waals surface area contributed by atoms with E-state index in [1.165, 1.54) is 25.5 Å². The second kappa shape index (κ2) is 7.92. The number of piperidine rings is 1. The highest BCUT2D eigenvalue weighted by atomic mass is 79.9. The smallest absolute Gasteiger partial charge is 0.337 e. The lowest BCUT2D eigenvalue weighted by Gasteiger charge is -2.34. The molecule has 1 aliphatic heterocycles. The molecule has 0 aromatic heterocycles. The number of nitrogens with one attached hydrogen (secondary N) is 1. The summed E-state index contributed by atoms with van der Waals surface area (Å²) in [5, 5.41) is 3.41. The number of carbonyl (C=O) groups excluding carboxylic acids is 1. The van der Waals surface area contributed by atoms with Crippen molar-refractivity contribution >= 4 is 21.9 Å². The van der Waals surface area contributed by atoms with E-state index >= 15 is 0 Å². The van der Waals surface area contributed by atoms with E-state index in [-0.39, 0.29) is 5.97 Å². The first-order valence-corrected chi connectivity index (χ1v) is 8.26. The largest absolute Gasteiger partial charge is 0.465 e. The number of benzene rings is 1. The van der Waals surface area contributed by atoms with Gasteiger partial charge in [0, 0.05) is 17.1 Å². The Morgan fingerprint density at radius 2 is 2.14 bits per heavy atom. The predicted molar refractivity (Wildman–Crippen MR) is 87.5 cm³/mol. The number of rotatable bonds is 5. The Morgan fingerprint density at radius 1 is 1.43 bits per heavy atom. The molecule has 1 fully saturated rings. The molecule has 1 saturated heterocycles. The van der Waals surface area contributed by atoms with Gasteiger partial charge in [-0.3, -0.25) is 4.90 Å². The zero-order chi connectivity index (χ0) is 15.2. The van der Waals surface area contributed by atoms with E-state index in [9.17, 15) is 4.79 Å². The van der Waals surface area contributed by atoms with Gasteiger partial charge in [-0.25, -0.2) is 4.79 Å². The molecule has 1 aromatic carbocycles. The maximum absolute atomic E-state index is 11.5. The molecule has 0 radical (unpaired) electrons. The Labute approximate surface area is 135 Å². The minimum absolute atomic E-state index is 0.298. The SMILES string of the molecule is CCN(Cc1ccc(C(=O)OC)cc1Br)C1CCNCC1. The quantitative estimate of drug-likeness (QED) is 0.825. The third-order valence-electron chi connectivity index (χ3n) is 4.08. The van der Waals surface area contributed by atoms with E-state index < -0.39 is 0 Å². The van der Waals surface area contributed by atoms with Gasteiger partial charge in [-0.05, 0) is 50.2 Å². The minimum atomic E-state index is -0.298. The highest BCUT2D eigenvalue weighted by Gasteiger charge is 2.20. The van der Waals surface area contributed by atoms with Crippen LogP contribution in [-0.4, -0.2) is 43.7 Å². The summed E-state index contributed by atoms with van der Waals surface area (Å²) in [7, 11) is 1.40. The number of hydrogen-bond acceptors (Lipinski definition) is 4. The van der Waals surface area contributed by atoms with Crippen LogP contribution in [0, 0.1) is 0 Å². The normalized spacial score (nSPS) is 16.2. The molecular weight excluding hydrogens is 332 g/mol. The Morgan fingerprint density at radius 3 is 2.71 bits per heavy atom. The Balaban J connectivity index is 2.08. The van der Waals surface area contributed by atoms with Crippen molar-refractivity contribution in [3.05, 3.63) is 33.8 Å². The van der Waals surface area contributed by atoms with E-state index in [0.717, 1.165) is 30.7 Å². The maximum atomic E-state index is 11.5. The molecular formula is C16H23BrN2O2. The highest BCUT2D eigenvalue weighted by molar-refractivity contribution is 9.10. The molecule has 1 N–H and O–H groups in total. The summed E-state index contributed by atoms with van der Waals surface area (Å²) < 4.78 is 5.72. The summed E-state index contributed by atoms with van der Waals surface area (Å²) in [6, 6.07) is 6.34. The molecule has 116 valence electrons. The topological polar surface area (TPSA) is 41.6 Å². The van der Waals surface area contributed by atoms with Crippen LogP contribution in [0.25, 0.3) is 0 Å². The van der Waals surface area contributed by atoms with E-state index in [4.69, 9.17) is 4.74 Å². The number of esters is 1. The fourth-order valence-corrected chi connectivity index (χ4v) is 3.31. The van der Waals surface area contributed by atoms with Gasteiger partial charge in [0.25, 0.3) is 0 Å². The lowest BCUT2D eigenvalue weighted by molar-refractivity contribution is 0.0600. The molecule has 4 nitrogen and oxygen atoms in total. The summed E-state index contributed by atoms with van der Waals surface area (Å²) in [4.78, 5) is 14.1. The van der Waals surface area contributed by atoms with Crippen molar-refractivity contribution in [2.24, 2.45) is 0 Å². The van der Waals surface area contributed by atoms with Crippen LogP contribution in [0.5, 0.6) is 0 Å². The highest BCUT2D eigenvalue weighted by Crippen LogP contribution is 2.23. The van der Waals surface area contributed by atoms with Crippen molar-refractivity contribution in [3.8, 4) is 0 Å². The summed E-state index contributed by atoms with van der Waals surface area (Å²) in [6.45, 7) is 6.35. The van der Waals surface area contributed by atoms with Crippen molar-refractivity contribution < 1.29 is 9.53 Å². The average molecular weight is 355 g/mol. The first kappa shape index (κ1) is 16.5. The van der Waals surface area contributed by atoms with Crippen LogP contribution in [-0.2, 0) is 11.3 Å². The molecule has 0 aliphatic carbocycles. The summed E-state index contributed by atoms with van der Waals surface area (Å²) in [5.74, 6) is -0.298. The zero-order valence-corrected chi connectivity index (χ0v) is 14.3. The summed E-state index contributed by atoms with van der Waals surface area (Å²) in [6.07, 6.45) is 2.40. The van der Waals surface area contributed by atoms with E-state index in [1.807, 2.05) is 18.2 Å². The van der Waals surface area contributed by atoms with Crippen LogP contribution in [0.3, 0.4) is 0 Å². The van der Waals surface area contributed by atoms with E-state index in [1.54, 1.807) is 0 Å². The molecule has 0 atom stereocenters. The van der Waals surface area contributed by atoms with Gasteiger partial charge in [0.1, 0.15) is 0 Å². The number of nitrogens with zero attached hydrogens (tertiary/aromatic N) is 1. The predicted octanol–water partition coefficient (Wildman–Crippen LogP) is 2.81. The van der Waals surface area contributed by atoms with Gasteiger partial charge in [0.2, 0.25) is 0 Å². The Bertz CT molecular complexity index is 487. The van der Waals surface area contributed by atoms with Crippen LogP contribution in [0.4, 0.5) is 0 Å². The van der Waals surface area contributed by atoms with Crippen molar-refractivity contribution in [2.75, 3.05) is 26.7 Å². The van der Waals surface area contributed by atoms with Crippen LogP contribution < -0.4 is 5.32 Å². The number of ether oxygens (including phenoxy) is 1. The van der Waals surface area contributed by atoms with Gasteiger partial charge < -0.3 is 10.1 Å². The van der Waals surface area contributed by atoms with Crippen LogP contribution in [0.15, 0.2) is 22.7 Å².